The first-order valence-electron chi connectivity index (χ1n) is 6.60. The summed E-state index contributed by atoms with van der Waals surface area (Å²) in [5.41, 5.74) is 2.89. The van der Waals surface area contributed by atoms with Crippen LogP contribution in [0.25, 0.3) is 16.6 Å². The second kappa shape index (κ2) is 4.94. The van der Waals surface area contributed by atoms with Crippen molar-refractivity contribution in [1.29, 1.82) is 0 Å². The molecule has 0 fully saturated rings. The number of hydrogen-bond donors (Lipinski definition) is 0. The lowest BCUT2D eigenvalue weighted by molar-refractivity contribution is 0.602. The number of aromatic nitrogens is 3. The smallest absolute Gasteiger partial charge is 0.142 e. The lowest BCUT2D eigenvalue weighted by atomic mass is 10.2. The SMILES string of the molecule is CCCn1cc(-n2c(C)cc3cc(F)c(Cl)cc32)cn1. The minimum absolute atomic E-state index is 0.137. The van der Waals surface area contributed by atoms with Crippen LogP contribution >= 0.6 is 11.6 Å². The number of rotatable bonds is 3. The van der Waals surface area contributed by atoms with Crippen molar-refractivity contribution < 1.29 is 4.39 Å². The van der Waals surface area contributed by atoms with E-state index in [0.717, 1.165) is 35.2 Å². The average molecular weight is 292 g/mol. The summed E-state index contributed by atoms with van der Waals surface area (Å²) in [6.07, 6.45) is 4.84. The lowest BCUT2D eigenvalue weighted by Crippen LogP contribution is -1.97. The highest BCUT2D eigenvalue weighted by molar-refractivity contribution is 6.31. The van der Waals surface area contributed by atoms with E-state index in [2.05, 4.69) is 12.0 Å². The van der Waals surface area contributed by atoms with Crippen LogP contribution in [0.1, 0.15) is 19.0 Å². The standard InChI is InChI=1S/C15H15ClFN3/c1-3-4-19-9-12(8-18-19)20-10(2)5-11-6-14(17)13(16)7-15(11)20/h5-9H,3-4H2,1-2H3. The maximum Gasteiger partial charge on any atom is 0.142 e. The Morgan fingerprint density at radius 3 is 2.85 bits per heavy atom. The average Bonchev–Trinajstić information content (AvgIpc) is 2.95. The highest BCUT2D eigenvalue weighted by Crippen LogP contribution is 2.28. The Balaban J connectivity index is 2.18. The van der Waals surface area contributed by atoms with Crippen LogP contribution in [0.15, 0.2) is 30.6 Å². The van der Waals surface area contributed by atoms with Gasteiger partial charge < -0.3 is 4.57 Å². The minimum Gasteiger partial charge on any atom is -0.311 e. The molecule has 0 atom stereocenters. The Morgan fingerprint density at radius 2 is 2.10 bits per heavy atom. The van der Waals surface area contributed by atoms with E-state index in [0.29, 0.717) is 0 Å². The van der Waals surface area contributed by atoms with Gasteiger partial charge in [-0.3, -0.25) is 4.68 Å². The number of nitrogens with zero attached hydrogens (tertiary/aromatic N) is 3. The van der Waals surface area contributed by atoms with E-state index in [1.807, 2.05) is 34.6 Å². The summed E-state index contributed by atoms with van der Waals surface area (Å²) in [5, 5.41) is 5.32. The maximum absolute atomic E-state index is 13.5. The first-order chi connectivity index (χ1) is 9.60. The van der Waals surface area contributed by atoms with Gasteiger partial charge in [-0.2, -0.15) is 5.10 Å². The molecular formula is C15H15ClFN3. The van der Waals surface area contributed by atoms with E-state index in [-0.39, 0.29) is 5.02 Å². The van der Waals surface area contributed by atoms with Gasteiger partial charge in [0.1, 0.15) is 5.82 Å². The van der Waals surface area contributed by atoms with Crippen LogP contribution < -0.4 is 0 Å². The van der Waals surface area contributed by atoms with Gasteiger partial charge in [-0.1, -0.05) is 18.5 Å². The molecule has 3 rings (SSSR count). The van der Waals surface area contributed by atoms with Crippen LogP contribution in [0.3, 0.4) is 0 Å². The number of hydrogen-bond acceptors (Lipinski definition) is 1. The predicted molar refractivity (Wildman–Crippen MR) is 79.1 cm³/mol. The van der Waals surface area contributed by atoms with Crippen LogP contribution in [0.2, 0.25) is 5.02 Å². The fraction of sp³-hybridized carbons (Fsp3) is 0.267. The number of fused-ring (bicyclic) bond motifs is 1. The van der Waals surface area contributed by atoms with E-state index in [9.17, 15) is 4.39 Å². The molecule has 0 aliphatic heterocycles. The van der Waals surface area contributed by atoms with Crippen molar-refractivity contribution in [3.63, 3.8) is 0 Å². The summed E-state index contributed by atoms with van der Waals surface area (Å²) in [4.78, 5) is 0. The lowest BCUT2D eigenvalue weighted by Gasteiger charge is -2.05. The van der Waals surface area contributed by atoms with Gasteiger partial charge in [-0.25, -0.2) is 4.39 Å². The highest BCUT2D eigenvalue weighted by Gasteiger charge is 2.12. The first kappa shape index (κ1) is 13.2. The van der Waals surface area contributed by atoms with Gasteiger partial charge in [0, 0.05) is 23.8 Å². The molecule has 5 heteroatoms. The van der Waals surface area contributed by atoms with Crippen LogP contribution in [0, 0.1) is 12.7 Å². The summed E-state index contributed by atoms with van der Waals surface area (Å²) in [7, 11) is 0. The predicted octanol–water partition coefficient (Wildman–Crippen LogP) is 4.34. The van der Waals surface area contributed by atoms with E-state index in [1.165, 1.54) is 6.07 Å². The van der Waals surface area contributed by atoms with Crippen molar-refractivity contribution in [2.24, 2.45) is 0 Å². The molecular weight excluding hydrogens is 277 g/mol. The molecule has 0 unspecified atom stereocenters. The normalized spacial score (nSPS) is 11.4. The molecule has 3 nitrogen and oxygen atoms in total. The van der Waals surface area contributed by atoms with Gasteiger partial charge in [0.05, 0.1) is 22.4 Å². The Labute approximate surface area is 121 Å². The molecule has 104 valence electrons. The zero-order valence-electron chi connectivity index (χ0n) is 11.4. The molecule has 20 heavy (non-hydrogen) atoms. The monoisotopic (exact) mass is 291 g/mol. The van der Waals surface area contributed by atoms with Crippen molar-refractivity contribution in [3.8, 4) is 5.69 Å². The molecule has 0 saturated carbocycles. The van der Waals surface area contributed by atoms with Gasteiger partial charge in [0.25, 0.3) is 0 Å². The molecule has 0 aliphatic carbocycles. The molecule has 0 aliphatic rings. The first-order valence-corrected chi connectivity index (χ1v) is 6.98. The molecule has 0 amide bonds. The van der Waals surface area contributed by atoms with Crippen molar-refractivity contribution in [3.05, 3.63) is 47.1 Å². The molecule has 0 spiro atoms. The molecule has 3 aromatic rings. The van der Waals surface area contributed by atoms with Crippen LogP contribution in [0.5, 0.6) is 0 Å². The maximum atomic E-state index is 13.5. The van der Waals surface area contributed by atoms with Crippen molar-refractivity contribution in [2.75, 3.05) is 0 Å². The second-order valence-corrected chi connectivity index (χ2v) is 5.32. The molecule has 1 aromatic carbocycles. The third-order valence-electron chi connectivity index (χ3n) is 3.36. The minimum atomic E-state index is -0.391. The molecule has 2 aromatic heterocycles. The summed E-state index contributed by atoms with van der Waals surface area (Å²) >= 11 is 5.90. The summed E-state index contributed by atoms with van der Waals surface area (Å²) in [6, 6.07) is 5.08. The third kappa shape index (κ3) is 2.10. The third-order valence-corrected chi connectivity index (χ3v) is 3.65. The van der Waals surface area contributed by atoms with Crippen molar-refractivity contribution in [1.82, 2.24) is 14.3 Å². The summed E-state index contributed by atoms with van der Waals surface area (Å²) in [5.74, 6) is -0.391. The quantitative estimate of drug-likeness (QED) is 0.704. The zero-order chi connectivity index (χ0) is 14.3. The fourth-order valence-corrected chi connectivity index (χ4v) is 2.66. The number of benzene rings is 1. The molecule has 2 heterocycles. The summed E-state index contributed by atoms with van der Waals surface area (Å²) in [6.45, 7) is 4.98. The highest BCUT2D eigenvalue weighted by atomic mass is 35.5. The number of aryl methyl sites for hydroxylation is 2. The van der Waals surface area contributed by atoms with E-state index >= 15 is 0 Å². The van der Waals surface area contributed by atoms with Crippen LogP contribution in [-0.2, 0) is 6.54 Å². The van der Waals surface area contributed by atoms with Crippen molar-refractivity contribution in [2.45, 2.75) is 26.8 Å². The van der Waals surface area contributed by atoms with Gasteiger partial charge in [-0.05, 0) is 31.5 Å². The second-order valence-electron chi connectivity index (χ2n) is 4.91. The largest absolute Gasteiger partial charge is 0.311 e. The topological polar surface area (TPSA) is 22.8 Å². The number of halogens is 2. The Morgan fingerprint density at radius 1 is 1.30 bits per heavy atom. The van der Waals surface area contributed by atoms with Crippen LogP contribution in [-0.4, -0.2) is 14.3 Å². The zero-order valence-corrected chi connectivity index (χ0v) is 12.2. The Bertz CT molecular complexity index is 773. The van der Waals surface area contributed by atoms with Crippen LogP contribution in [0.4, 0.5) is 4.39 Å². The molecule has 0 bridgehead atoms. The Hall–Kier alpha value is -1.81. The van der Waals surface area contributed by atoms with Gasteiger partial charge in [0.2, 0.25) is 0 Å². The molecule has 0 N–H and O–H groups in total. The fourth-order valence-electron chi connectivity index (χ4n) is 2.50. The molecule has 0 radical (unpaired) electrons. The molecule has 0 saturated heterocycles. The van der Waals surface area contributed by atoms with Gasteiger partial charge >= 0.3 is 0 Å². The van der Waals surface area contributed by atoms with Gasteiger partial charge in [-0.15, -0.1) is 0 Å². The van der Waals surface area contributed by atoms with E-state index in [4.69, 9.17) is 11.6 Å². The summed E-state index contributed by atoms with van der Waals surface area (Å²) < 4.78 is 17.5. The van der Waals surface area contributed by atoms with Gasteiger partial charge in [0.15, 0.2) is 0 Å². The van der Waals surface area contributed by atoms with E-state index < -0.39 is 5.82 Å². The van der Waals surface area contributed by atoms with E-state index in [1.54, 1.807) is 6.07 Å². The Kier molecular flexibility index (Phi) is 3.26. The van der Waals surface area contributed by atoms with Crippen molar-refractivity contribution >= 4 is 22.5 Å².